The zero-order valence-electron chi connectivity index (χ0n) is 11.3. The summed E-state index contributed by atoms with van der Waals surface area (Å²) in [4.78, 5) is 21.2. The molecule has 2 aromatic rings. The third-order valence-electron chi connectivity index (χ3n) is 2.83. The van der Waals surface area contributed by atoms with Crippen molar-refractivity contribution >= 4 is 11.6 Å². The SMILES string of the molecule is NC(=O)c1ccc(Oc2cccc(C(F)(F)F)c2)c([N+](=O)[O-])c1. The Morgan fingerprint density at radius 2 is 1.87 bits per heavy atom. The van der Waals surface area contributed by atoms with Crippen LogP contribution in [0.4, 0.5) is 18.9 Å². The van der Waals surface area contributed by atoms with Crippen molar-refractivity contribution < 1.29 is 27.6 Å². The molecule has 0 aliphatic heterocycles. The van der Waals surface area contributed by atoms with E-state index in [9.17, 15) is 28.1 Å². The van der Waals surface area contributed by atoms with Crippen LogP contribution in [0.1, 0.15) is 15.9 Å². The summed E-state index contributed by atoms with van der Waals surface area (Å²) in [7, 11) is 0. The number of ether oxygens (including phenoxy) is 1. The Morgan fingerprint density at radius 1 is 1.17 bits per heavy atom. The van der Waals surface area contributed by atoms with E-state index >= 15 is 0 Å². The normalized spacial score (nSPS) is 11.1. The number of halogens is 3. The van der Waals surface area contributed by atoms with Gasteiger partial charge in [-0.05, 0) is 30.3 Å². The number of amides is 1. The third kappa shape index (κ3) is 3.76. The van der Waals surface area contributed by atoms with Crippen molar-refractivity contribution in [2.75, 3.05) is 0 Å². The van der Waals surface area contributed by atoms with Gasteiger partial charge in [0.05, 0.1) is 10.5 Å². The average molecular weight is 326 g/mol. The van der Waals surface area contributed by atoms with Crippen molar-refractivity contribution in [2.24, 2.45) is 5.73 Å². The fourth-order valence-electron chi connectivity index (χ4n) is 1.76. The zero-order chi connectivity index (χ0) is 17.2. The molecule has 0 aliphatic carbocycles. The second-order valence-electron chi connectivity index (χ2n) is 4.43. The number of nitro groups is 1. The van der Waals surface area contributed by atoms with Gasteiger partial charge >= 0.3 is 11.9 Å². The Bertz CT molecular complexity index is 775. The monoisotopic (exact) mass is 326 g/mol. The highest BCUT2D eigenvalue weighted by atomic mass is 19.4. The van der Waals surface area contributed by atoms with Crippen LogP contribution < -0.4 is 10.5 Å². The van der Waals surface area contributed by atoms with E-state index in [1.807, 2.05) is 0 Å². The second kappa shape index (κ2) is 5.95. The average Bonchev–Trinajstić information content (AvgIpc) is 2.46. The Balaban J connectivity index is 2.40. The summed E-state index contributed by atoms with van der Waals surface area (Å²) in [5.74, 6) is -1.41. The van der Waals surface area contributed by atoms with Gasteiger partial charge in [0.15, 0.2) is 0 Å². The van der Waals surface area contributed by atoms with Gasteiger partial charge in [-0.1, -0.05) is 6.07 Å². The van der Waals surface area contributed by atoms with Crippen LogP contribution in [0.15, 0.2) is 42.5 Å². The quantitative estimate of drug-likeness (QED) is 0.687. The van der Waals surface area contributed by atoms with Crippen molar-refractivity contribution in [3.63, 3.8) is 0 Å². The van der Waals surface area contributed by atoms with Crippen LogP contribution in [0.2, 0.25) is 0 Å². The standard InChI is InChI=1S/C14H9F3N2O4/c15-14(16,17)9-2-1-3-10(7-9)23-12-5-4-8(13(18)20)6-11(12)19(21)22/h1-7H,(H2,18,20). The fourth-order valence-corrected chi connectivity index (χ4v) is 1.76. The van der Waals surface area contributed by atoms with E-state index < -0.39 is 28.3 Å². The van der Waals surface area contributed by atoms with Gasteiger partial charge in [0.2, 0.25) is 11.7 Å². The summed E-state index contributed by atoms with van der Waals surface area (Å²) in [6.07, 6.45) is -4.57. The fraction of sp³-hybridized carbons (Fsp3) is 0.0714. The molecular weight excluding hydrogens is 317 g/mol. The number of alkyl halides is 3. The van der Waals surface area contributed by atoms with Gasteiger partial charge in [-0.25, -0.2) is 0 Å². The smallest absolute Gasteiger partial charge is 0.416 e. The molecule has 2 N–H and O–H groups in total. The third-order valence-corrected chi connectivity index (χ3v) is 2.83. The molecule has 0 saturated heterocycles. The number of carbonyl (C=O) groups is 1. The first-order chi connectivity index (χ1) is 10.7. The lowest BCUT2D eigenvalue weighted by atomic mass is 10.1. The second-order valence-corrected chi connectivity index (χ2v) is 4.43. The number of primary amides is 1. The molecule has 23 heavy (non-hydrogen) atoms. The number of carbonyl (C=O) groups excluding carboxylic acids is 1. The summed E-state index contributed by atoms with van der Waals surface area (Å²) in [6.45, 7) is 0. The molecule has 0 spiro atoms. The maximum atomic E-state index is 12.6. The molecule has 0 aliphatic rings. The highest BCUT2D eigenvalue weighted by molar-refractivity contribution is 5.93. The molecule has 0 atom stereocenters. The van der Waals surface area contributed by atoms with Crippen molar-refractivity contribution in [3.05, 3.63) is 63.7 Å². The number of nitro benzene ring substituents is 1. The van der Waals surface area contributed by atoms with E-state index in [1.165, 1.54) is 12.1 Å². The number of hydrogen-bond acceptors (Lipinski definition) is 4. The first-order valence-corrected chi connectivity index (χ1v) is 6.12. The van der Waals surface area contributed by atoms with Gasteiger partial charge in [0.25, 0.3) is 0 Å². The van der Waals surface area contributed by atoms with E-state index in [2.05, 4.69) is 0 Å². The van der Waals surface area contributed by atoms with Crippen LogP contribution in [0.5, 0.6) is 11.5 Å². The largest absolute Gasteiger partial charge is 0.450 e. The van der Waals surface area contributed by atoms with Crippen molar-refractivity contribution in [1.82, 2.24) is 0 Å². The van der Waals surface area contributed by atoms with Crippen LogP contribution in [0.3, 0.4) is 0 Å². The first kappa shape index (κ1) is 16.3. The summed E-state index contributed by atoms with van der Waals surface area (Å²) in [6, 6.07) is 7.06. The Labute approximate surface area is 127 Å². The Kier molecular flexibility index (Phi) is 4.21. The summed E-state index contributed by atoms with van der Waals surface area (Å²) in [5, 5.41) is 11.0. The molecule has 2 rings (SSSR count). The van der Waals surface area contributed by atoms with Gasteiger partial charge < -0.3 is 10.5 Å². The molecule has 0 unspecified atom stereocenters. The first-order valence-electron chi connectivity index (χ1n) is 6.12. The molecule has 0 radical (unpaired) electrons. The molecule has 1 amide bonds. The maximum Gasteiger partial charge on any atom is 0.416 e. The summed E-state index contributed by atoms with van der Waals surface area (Å²) >= 11 is 0. The van der Waals surface area contributed by atoms with Crippen molar-refractivity contribution in [1.29, 1.82) is 0 Å². The molecule has 9 heteroatoms. The van der Waals surface area contributed by atoms with Crippen LogP contribution >= 0.6 is 0 Å². The lowest BCUT2D eigenvalue weighted by molar-refractivity contribution is -0.385. The van der Waals surface area contributed by atoms with E-state index in [4.69, 9.17) is 10.5 Å². The molecule has 6 nitrogen and oxygen atoms in total. The van der Waals surface area contributed by atoms with E-state index in [0.717, 1.165) is 24.3 Å². The number of rotatable bonds is 4. The minimum atomic E-state index is -4.57. The maximum absolute atomic E-state index is 12.6. The molecule has 0 fully saturated rings. The van der Waals surface area contributed by atoms with Crippen molar-refractivity contribution in [2.45, 2.75) is 6.18 Å². The molecule has 2 aromatic carbocycles. The molecule has 0 bridgehead atoms. The zero-order valence-corrected chi connectivity index (χ0v) is 11.3. The number of nitrogens with two attached hydrogens (primary N) is 1. The number of benzene rings is 2. The van der Waals surface area contributed by atoms with E-state index in [-0.39, 0.29) is 17.1 Å². The highest BCUT2D eigenvalue weighted by Gasteiger charge is 2.30. The van der Waals surface area contributed by atoms with Gasteiger partial charge in [0.1, 0.15) is 5.75 Å². The van der Waals surface area contributed by atoms with E-state index in [0.29, 0.717) is 6.07 Å². The van der Waals surface area contributed by atoms with Crippen molar-refractivity contribution in [3.8, 4) is 11.5 Å². The molecular formula is C14H9F3N2O4. The Hall–Kier alpha value is -3.10. The van der Waals surface area contributed by atoms with Gasteiger partial charge in [-0.15, -0.1) is 0 Å². The van der Waals surface area contributed by atoms with Crippen LogP contribution in [0, 0.1) is 10.1 Å². The van der Waals surface area contributed by atoms with Gasteiger partial charge in [-0.2, -0.15) is 13.2 Å². The topological polar surface area (TPSA) is 95.5 Å². The number of nitrogens with zero attached hydrogens (tertiary/aromatic N) is 1. The Morgan fingerprint density at radius 3 is 2.43 bits per heavy atom. The molecule has 0 heterocycles. The lowest BCUT2D eigenvalue weighted by Gasteiger charge is -2.10. The highest BCUT2D eigenvalue weighted by Crippen LogP contribution is 2.35. The van der Waals surface area contributed by atoms with Crippen LogP contribution in [-0.2, 0) is 6.18 Å². The molecule has 0 saturated carbocycles. The van der Waals surface area contributed by atoms with Crippen LogP contribution in [-0.4, -0.2) is 10.8 Å². The lowest BCUT2D eigenvalue weighted by Crippen LogP contribution is -2.11. The molecule has 120 valence electrons. The molecule has 0 aromatic heterocycles. The van der Waals surface area contributed by atoms with Gasteiger partial charge in [-0.3, -0.25) is 14.9 Å². The summed E-state index contributed by atoms with van der Waals surface area (Å²) in [5.41, 5.74) is 3.37. The minimum Gasteiger partial charge on any atom is -0.450 e. The summed E-state index contributed by atoms with van der Waals surface area (Å²) < 4.78 is 43.1. The van der Waals surface area contributed by atoms with Crippen LogP contribution in [0.25, 0.3) is 0 Å². The van der Waals surface area contributed by atoms with Gasteiger partial charge in [0, 0.05) is 11.6 Å². The number of hydrogen-bond donors (Lipinski definition) is 1. The minimum absolute atomic E-state index is 0.118. The van der Waals surface area contributed by atoms with E-state index in [1.54, 1.807) is 0 Å². The predicted octanol–water partition coefficient (Wildman–Crippen LogP) is 3.50. The predicted molar refractivity (Wildman–Crippen MR) is 73.1 cm³/mol.